The molecule has 0 spiro atoms. The fourth-order valence-electron chi connectivity index (χ4n) is 5.49. The van der Waals surface area contributed by atoms with Crippen LogP contribution in [0.2, 0.25) is 0 Å². The summed E-state index contributed by atoms with van der Waals surface area (Å²) in [6.07, 6.45) is 2.48. The molecule has 8 heteroatoms. The molecule has 2 atom stereocenters. The number of nitrogens with zero attached hydrogens (tertiary/aromatic N) is 3. The standard InChI is InChI=1S/C24H26N4O3S/c1-13-25-21-18(22(29)26-28(21)16-8-10-31-24(2,3)12-16)20(32-13)17-11-15-6-4-5-14-7-9-27(19(14)15)23(17)30/h4-6,11,16,20H,7-10,12H2,1-3H3,(H,26,29)/t16-,20+/m1/s1. The van der Waals surface area contributed by atoms with Gasteiger partial charge in [0.1, 0.15) is 0 Å². The molecule has 0 bridgehead atoms. The molecule has 3 aliphatic rings. The van der Waals surface area contributed by atoms with Crippen LogP contribution in [0.25, 0.3) is 10.9 Å². The monoisotopic (exact) mass is 450 g/mol. The lowest BCUT2D eigenvalue weighted by Crippen LogP contribution is -2.35. The maximum absolute atomic E-state index is 13.5. The van der Waals surface area contributed by atoms with Crippen molar-refractivity contribution in [2.24, 2.45) is 4.99 Å². The molecule has 1 N–H and O–H groups in total. The van der Waals surface area contributed by atoms with Gasteiger partial charge in [-0.1, -0.05) is 30.0 Å². The summed E-state index contributed by atoms with van der Waals surface area (Å²) < 4.78 is 9.68. The molecule has 0 aliphatic carbocycles. The summed E-state index contributed by atoms with van der Waals surface area (Å²) in [4.78, 5) is 31.5. The Labute approximate surface area is 189 Å². The number of benzene rings is 1. The largest absolute Gasteiger partial charge is 0.375 e. The van der Waals surface area contributed by atoms with Crippen molar-refractivity contribution >= 4 is 33.5 Å². The molecule has 2 aromatic heterocycles. The van der Waals surface area contributed by atoms with Crippen LogP contribution < -0.4 is 11.1 Å². The number of fused-ring (bicyclic) bond motifs is 1. The van der Waals surface area contributed by atoms with E-state index in [-0.39, 0.29) is 28.0 Å². The van der Waals surface area contributed by atoms with Crippen LogP contribution in [0.3, 0.4) is 0 Å². The van der Waals surface area contributed by atoms with Gasteiger partial charge < -0.3 is 9.30 Å². The lowest BCUT2D eigenvalue weighted by molar-refractivity contribution is -0.0705. The zero-order valence-electron chi connectivity index (χ0n) is 18.5. The van der Waals surface area contributed by atoms with Gasteiger partial charge in [-0.15, -0.1) is 0 Å². The Bertz CT molecular complexity index is 1410. The van der Waals surface area contributed by atoms with Crippen LogP contribution in [0.1, 0.15) is 61.6 Å². The van der Waals surface area contributed by atoms with Crippen LogP contribution in [0.5, 0.6) is 0 Å². The van der Waals surface area contributed by atoms with E-state index in [1.807, 2.05) is 28.3 Å². The van der Waals surface area contributed by atoms with Crippen molar-refractivity contribution in [2.45, 2.75) is 63.5 Å². The van der Waals surface area contributed by atoms with Crippen molar-refractivity contribution in [3.8, 4) is 0 Å². The van der Waals surface area contributed by atoms with E-state index < -0.39 is 0 Å². The molecule has 1 saturated heterocycles. The van der Waals surface area contributed by atoms with Crippen molar-refractivity contribution in [3.63, 3.8) is 0 Å². The van der Waals surface area contributed by atoms with Gasteiger partial charge in [0, 0.05) is 18.7 Å². The molecule has 0 amide bonds. The molecule has 0 unspecified atom stereocenters. The third-order valence-electron chi connectivity index (χ3n) is 6.90. The number of nitrogens with one attached hydrogen (secondary N) is 1. The molecule has 7 nitrogen and oxygen atoms in total. The van der Waals surface area contributed by atoms with Crippen LogP contribution in [0, 0.1) is 0 Å². The number of ether oxygens (including phenoxy) is 1. The number of aliphatic imine (C=N–C) groups is 1. The Morgan fingerprint density at radius 2 is 2.12 bits per heavy atom. The van der Waals surface area contributed by atoms with E-state index in [1.54, 1.807) is 0 Å². The van der Waals surface area contributed by atoms with Gasteiger partial charge in [-0.05, 0) is 57.0 Å². The molecule has 3 aliphatic heterocycles. The lowest BCUT2D eigenvalue weighted by atomic mass is 9.94. The van der Waals surface area contributed by atoms with E-state index in [0.29, 0.717) is 30.1 Å². The summed E-state index contributed by atoms with van der Waals surface area (Å²) in [5.74, 6) is 0.661. The Morgan fingerprint density at radius 3 is 2.94 bits per heavy atom. The van der Waals surface area contributed by atoms with Gasteiger partial charge in [0.15, 0.2) is 5.82 Å². The van der Waals surface area contributed by atoms with Gasteiger partial charge in [-0.2, -0.15) is 0 Å². The Kier molecular flexibility index (Phi) is 4.36. The third-order valence-corrected chi connectivity index (χ3v) is 8.05. The number of H-pyrrole nitrogens is 1. The Balaban J connectivity index is 1.52. The van der Waals surface area contributed by atoms with Crippen molar-refractivity contribution in [3.05, 3.63) is 61.7 Å². The van der Waals surface area contributed by atoms with Gasteiger partial charge in [-0.25, -0.2) is 4.99 Å². The summed E-state index contributed by atoms with van der Waals surface area (Å²) in [6, 6.07) is 8.28. The molecule has 3 aromatic rings. The second-order valence-corrected chi connectivity index (χ2v) is 10.9. The van der Waals surface area contributed by atoms with Gasteiger partial charge in [0.2, 0.25) is 0 Å². The zero-order valence-corrected chi connectivity index (χ0v) is 19.3. The highest BCUT2D eigenvalue weighted by atomic mass is 32.2. The molecule has 32 heavy (non-hydrogen) atoms. The van der Waals surface area contributed by atoms with E-state index >= 15 is 0 Å². The maximum atomic E-state index is 13.5. The number of thioether (sulfide) groups is 1. The predicted molar refractivity (Wildman–Crippen MR) is 127 cm³/mol. The number of hydrogen-bond donors (Lipinski definition) is 1. The SMILES string of the molecule is CC1=Nc2c(c(=O)[nH]n2[C@@H]2CCOC(C)(C)C2)[C@H](c2cc3cccc4c3n(c2=O)CC4)S1. The smallest absolute Gasteiger partial charge is 0.271 e. The molecular weight excluding hydrogens is 424 g/mol. The molecule has 166 valence electrons. The minimum absolute atomic E-state index is 0.0000466. The first kappa shape index (κ1) is 20.1. The summed E-state index contributed by atoms with van der Waals surface area (Å²) in [5.41, 5.74) is 3.08. The number of hydrogen-bond acceptors (Lipinski definition) is 5. The summed E-state index contributed by atoms with van der Waals surface area (Å²) in [7, 11) is 0. The first-order valence-electron chi connectivity index (χ1n) is 11.2. The van der Waals surface area contributed by atoms with E-state index in [2.05, 4.69) is 31.1 Å². The van der Waals surface area contributed by atoms with Crippen molar-refractivity contribution in [2.75, 3.05) is 6.61 Å². The second-order valence-electron chi connectivity index (χ2n) is 9.59. The van der Waals surface area contributed by atoms with E-state index in [0.717, 1.165) is 35.2 Å². The number of para-hydroxylation sites is 1. The molecule has 0 saturated carbocycles. The van der Waals surface area contributed by atoms with Crippen molar-refractivity contribution < 1.29 is 4.74 Å². The zero-order chi connectivity index (χ0) is 22.2. The highest BCUT2D eigenvalue weighted by Crippen LogP contribution is 2.45. The number of aromatic nitrogens is 3. The normalized spacial score (nSPS) is 23.9. The highest BCUT2D eigenvalue weighted by Gasteiger charge is 2.37. The van der Waals surface area contributed by atoms with Gasteiger partial charge in [0.25, 0.3) is 11.1 Å². The first-order valence-corrected chi connectivity index (χ1v) is 12.1. The lowest BCUT2D eigenvalue weighted by Gasteiger charge is -2.36. The van der Waals surface area contributed by atoms with E-state index in [1.165, 1.54) is 17.3 Å². The van der Waals surface area contributed by atoms with Crippen molar-refractivity contribution in [1.82, 2.24) is 14.3 Å². The first-order chi connectivity index (χ1) is 15.3. The molecular formula is C24H26N4O3S. The second kappa shape index (κ2) is 6.96. The minimum Gasteiger partial charge on any atom is -0.375 e. The fraction of sp³-hybridized carbons (Fsp3) is 0.458. The quantitative estimate of drug-likeness (QED) is 0.638. The van der Waals surface area contributed by atoms with Crippen LogP contribution >= 0.6 is 11.8 Å². The van der Waals surface area contributed by atoms with E-state index in [9.17, 15) is 9.59 Å². The number of aromatic amines is 1. The van der Waals surface area contributed by atoms with Crippen molar-refractivity contribution in [1.29, 1.82) is 0 Å². The average molecular weight is 451 g/mol. The van der Waals surface area contributed by atoms with Crippen LogP contribution in [0.15, 0.2) is 38.8 Å². The van der Waals surface area contributed by atoms with Crippen LogP contribution in [-0.4, -0.2) is 31.6 Å². The Morgan fingerprint density at radius 1 is 1.28 bits per heavy atom. The summed E-state index contributed by atoms with van der Waals surface area (Å²) in [6.45, 7) is 7.44. The van der Waals surface area contributed by atoms with Gasteiger partial charge in [-0.3, -0.25) is 19.4 Å². The minimum atomic E-state index is -0.370. The molecule has 5 heterocycles. The summed E-state index contributed by atoms with van der Waals surface area (Å²) >= 11 is 1.49. The van der Waals surface area contributed by atoms with Gasteiger partial charge >= 0.3 is 0 Å². The maximum Gasteiger partial charge on any atom is 0.271 e. The Hall–Kier alpha value is -2.58. The molecule has 1 aromatic carbocycles. The molecule has 0 radical (unpaired) electrons. The van der Waals surface area contributed by atoms with Gasteiger partial charge in [0.05, 0.1) is 33.0 Å². The topological polar surface area (TPSA) is 81.4 Å². The predicted octanol–water partition coefficient (Wildman–Crippen LogP) is 4.06. The summed E-state index contributed by atoms with van der Waals surface area (Å²) in [5, 5.41) is 4.60. The third kappa shape index (κ3) is 2.96. The number of pyridine rings is 1. The molecule has 6 rings (SSSR count). The van der Waals surface area contributed by atoms with Crippen LogP contribution in [0.4, 0.5) is 5.82 Å². The molecule has 1 fully saturated rings. The van der Waals surface area contributed by atoms with Crippen LogP contribution in [-0.2, 0) is 17.7 Å². The average Bonchev–Trinajstić information content (AvgIpc) is 3.32. The number of aryl methyl sites for hydroxylation is 2. The van der Waals surface area contributed by atoms with E-state index in [4.69, 9.17) is 9.73 Å². The highest BCUT2D eigenvalue weighted by molar-refractivity contribution is 8.14. The fourth-order valence-corrected chi connectivity index (χ4v) is 6.60. The number of rotatable bonds is 2.